The average molecular weight is 256 g/mol. The van der Waals surface area contributed by atoms with Crippen LogP contribution in [0.5, 0.6) is 0 Å². The molecule has 3 N–H and O–H groups in total. The zero-order valence-electron chi connectivity index (χ0n) is 10.00. The minimum atomic E-state index is -0.402. The highest BCUT2D eigenvalue weighted by atomic mass is 32.2. The van der Waals surface area contributed by atoms with E-state index in [0.717, 1.165) is 11.4 Å². The zero-order chi connectivity index (χ0) is 12.8. The molecule has 1 unspecified atom stereocenters. The molecule has 0 heterocycles. The molecule has 0 saturated carbocycles. The third-order valence-corrected chi connectivity index (χ3v) is 3.42. The van der Waals surface area contributed by atoms with Gasteiger partial charge in [-0.3, -0.25) is 4.79 Å². The van der Waals surface area contributed by atoms with Gasteiger partial charge >= 0.3 is 0 Å². The van der Waals surface area contributed by atoms with Crippen molar-refractivity contribution < 1.29 is 9.18 Å². The first-order chi connectivity index (χ1) is 8.06. The topological polar surface area (TPSA) is 55.1 Å². The van der Waals surface area contributed by atoms with Gasteiger partial charge in [-0.05, 0) is 25.6 Å². The fourth-order valence-electron chi connectivity index (χ4n) is 1.62. The molecule has 0 aliphatic rings. The molecule has 0 bridgehead atoms. The van der Waals surface area contributed by atoms with Crippen molar-refractivity contribution in [3.63, 3.8) is 0 Å². The highest BCUT2D eigenvalue weighted by molar-refractivity contribution is 8.00. The largest absolute Gasteiger partial charge is 0.369 e. The molecule has 94 valence electrons. The number of benzene rings is 1. The van der Waals surface area contributed by atoms with Gasteiger partial charge in [-0.1, -0.05) is 13.0 Å². The number of rotatable bonds is 6. The molecule has 1 aromatic rings. The van der Waals surface area contributed by atoms with Crippen LogP contribution < -0.4 is 11.1 Å². The van der Waals surface area contributed by atoms with E-state index in [9.17, 15) is 9.18 Å². The molecule has 5 heteroatoms. The Labute approximate surface area is 105 Å². The second-order valence-corrected chi connectivity index (χ2v) is 4.70. The standard InChI is InChI=1S/C12H17FN2OS/c1-3-15-8(2)12-9(13)5-4-6-10(12)17-7-11(14)16/h4-6,8,15H,3,7H2,1-2H3,(H2,14,16). The van der Waals surface area contributed by atoms with Gasteiger partial charge in [-0.25, -0.2) is 4.39 Å². The zero-order valence-corrected chi connectivity index (χ0v) is 10.8. The minimum Gasteiger partial charge on any atom is -0.369 e. The predicted molar refractivity (Wildman–Crippen MR) is 68.4 cm³/mol. The fraction of sp³-hybridized carbons (Fsp3) is 0.417. The molecule has 17 heavy (non-hydrogen) atoms. The first-order valence-corrected chi connectivity index (χ1v) is 6.47. The molecule has 0 fully saturated rings. The van der Waals surface area contributed by atoms with E-state index in [1.807, 2.05) is 13.8 Å². The Morgan fingerprint density at radius 1 is 1.59 bits per heavy atom. The molecule has 1 rings (SSSR count). The third-order valence-electron chi connectivity index (χ3n) is 2.33. The maximum Gasteiger partial charge on any atom is 0.227 e. The molecule has 0 aromatic heterocycles. The number of halogens is 1. The molecule has 0 aliphatic heterocycles. The van der Waals surface area contributed by atoms with Crippen molar-refractivity contribution >= 4 is 17.7 Å². The van der Waals surface area contributed by atoms with Gasteiger partial charge in [0.1, 0.15) is 5.82 Å². The van der Waals surface area contributed by atoms with Crippen molar-refractivity contribution in [3.05, 3.63) is 29.6 Å². The van der Waals surface area contributed by atoms with Crippen LogP contribution in [0.2, 0.25) is 0 Å². The van der Waals surface area contributed by atoms with Gasteiger partial charge in [0, 0.05) is 16.5 Å². The number of nitrogens with two attached hydrogens (primary N) is 1. The number of thioether (sulfide) groups is 1. The summed E-state index contributed by atoms with van der Waals surface area (Å²) in [4.78, 5) is 11.5. The van der Waals surface area contributed by atoms with E-state index in [-0.39, 0.29) is 17.6 Å². The number of hydrogen-bond donors (Lipinski definition) is 2. The summed E-state index contributed by atoms with van der Waals surface area (Å²) in [5, 5.41) is 3.16. The third kappa shape index (κ3) is 4.02. The number of primary amides is 1. The van der Waals surface area contributed by atoms with E-state index < -0.39 is 5.91 Å². The summed E-state index contributed by atoms with van der Waals surface area (Å²) in [5.74, 6) is -0.496. The lowest BCUT2D eigenvalue weighted by atomic mass is 10.1. The first kappa shape index (κ1) is 14.0. The number of amides is 1. The van der Waals surface area contributed by atoms with Crippen molar-refractivity contribution in [3.8, 4) is 0 Å². The van der Waals surface area contributed by atoms with E-state index in [1.165, 1.54) is 17.8 Å². The Kier molecular flexibility index (Phi) is 5.44. The smallest absolute Gasteiger partial charge is 0.227 e. The van der Waals surface area contributed by atoms with E-state index in [1.54, 1.807) is 12.1 Å². The Morgan fingerprint density at radius 3 is 2.88 bits per heavy atom. The monoisotopic (exact) mass is 256 g/mol. The van der Waals surface area contributed by atoms with Gasteiger partial charge in [-0.15, -0.1) is 11.8 Å². The van der Waals surface area contributed by atoms with Gasteiger partial charge in [-0.2, -0.15) is 0 Å². The molecular weight excluding hydrogens is 239 g/mol. The van der Waals surface area contributed by atoms with E-state index in [4.69, 9.17) is 5.73 Å². The van der Waals surface area contributed by atoms with Crippen LogP contribution in [0.3, 0.4) is 0 Å². The van der Waals surface area contributed by atoms with E-state index >= 15 is 0 Å². The highest BCUT2D eigenvalue weighted by Gasteiger charge is 2.15. The molecule has 1 aromatic carbocycles. The van der Waals surface area contributed by atoms with E-state index in [2.05, 4.69) is 5.32 Å². The molecule has 0 radical (unpaired) electrons. The van der Waals surface area contributed by atoms with Gasteiger partial charge in [0.15, 0.2) is 0 Å². The van der Waals surface area contributed by atoms with Gasteiger partial charge in [0.05, 0.1) is 5.75 Å². The lowest BCUT2D eigenvalue weighted by Crippen LogP contribution is -2.20. The maximum absolute atomic E-state index is 13.8. The van der Waals surface area contributed by atoms with Gasteiger partial charge < -0.3 is 11.1 Å². The Bertz CT molecular complexity index is 398. The first-order valence-electron chi connectivity index (χ1n) is 5.49. The SMILES string of the molecule is CCNC(C)c1c(F)cccc1SCC(N)=O. The summed E-state index contributed by atoms with van der Waals surface area (Å²) in [6.07, 6.45) is 0. The lowest BCUT2D eigenvalue weighted by molar-refractivity contribution is -0.115. The van der Waals surface area contributed by atoms with E-state index in [0.29, 0.717) is 5.56 Å². The molecule has 0 aliphatic carbocycles. The number of nitrogens with one attached hydrogen (secondary N) is 1. The number of carbonyl (C=O) groups excluding carboxylic acids is 1. The van der Waals surface area contributed by atoms with Crippen LogP contribution in [-0.2, 0) is 4.79 Å². The Balaban J connectivity index is 2.95. The Morgan fingerprint density at radius 2 is 2.29 bits per heavy atom. The van der Waals surface area contributed by atoms with Crippen LogP contribution in [-0.4, -0.2) is 18.2 Å². The molecule has 0 spiro atoms. The molecule has 3 nitrogen and oxygen atoms in total. The van der Waals surface area contributed by atoms with Crippen LogP contribution in [0, 0.1) is 5.82 Å². The normalized spacial score (nSPS) is 12.4. The molecule has 0 saturated heterocycles. The summed E-state index contributed by atoms with van der Waals surface area (Å²) in [6.45, 7) is 4.62. The highest BCUT2D eigenvalue weighted by Crippen LogP contribution is 2.29. The van der Waals surface area contributed by atoms with Gasteiger partial charge in [0.25, 0.3) is 0 Å². The predicted octanol–water partition coefficient (Wildman–Crippen LogP) is 2.07. The van der Waals surface area contributed by atoms with Crippen molar-refractivity contribution in [2.45, 2.75) is 24.8 Å². The van der Waals surface area contributed by atoms with Crippen LogP contribution in [0.15, 0.2) is 23.1 Å². The summed E-state index contributed by atoms with van der Waals surface area (Å²) in [7, 11) is 0. The second kappa shape index (κ2) is 6.61. The van der Waals surface area contributed by atoms with Crippen LogP contribution in [0.25, 0.3) is 0 Å². The van der Waals surface area contributed by atoms with Crippen LogP contribution in [0.1, 0.15) is 25.5 Å². The molecular formula is C12H17FN2OS. The van der Waals surface area contributed by atoms with Crippen molar-refractivity contribution in [1.29, 1.82) is 0 Å². The summed E-state index contributed by atoms with van der Waals surface area (Å²) in [6, 6.07) is 4.79. The molecule has 1 atom stereocenters. The molecule has 1 amide bonds. The van der Waals surface area contributed by atoms with Crippen molar-refractivity contribution in [2.75, 3.05) is 12.3 Å². The number of carbonyl (C=O) groups is 1. The fourth-order valence-corrected chi connectivity index (χ4v) is 2.52. The Hall–Kier alpha value is -1.07. The van der Waals surface area contributed by atoms with Crippen molar-refractivity contribution in [2.24, 2.45) is 5.73 Å². The maximum atomic E-state index is 13.8. The average Bonchev–Trinajstić information content (AvgIpc) is 2.26. The number of hydrogen-bond acceptors (Lipinski definition) is 3. The summed E-state index contributed by atoms with van der Waals surface area (Å²) < 4.78 is 13.8. The van der Waals surface area contributed by atoms with Gasteiger partial charge in [0.2, 0.25) is 5.91 Å². The quantitative estimate of drug-likeness (QED) is 0.766. The van der Waals surface area contributed by atoms with Crippen molar-refractivity contribution in [1.82, 2.24) is 5.32 Å². The summed E-state index contributed by atoms with van der Waals surface area (Å²) >= 11 is 1.27. The minimum absolute atomic E-state index is 0.0865. The van der Waals surface area contributed by atoms with Crippen LogP contribution >= 0.6 is 11.8 Å². The van der Waals surface area contributed by atoms with Crippen LogP contribution in [0.4, 0.5) is 4.39 Å². The summed E-state index contributed by atoms with van der Waals surface area (Å²) in [5.41, 5.74) is 5.69. The second-order valence-electron chi connectivity index (χ2n) is 3.69. The lowest BCUT2D eigenvalue weighted by Gasteiger charge is -2.17.